The van der Waals surface area contributed by atoms with Gasteiger partial charge in [0.1, 0.15) is 11.5 Å². The van der Waals surface area contributed by atoms with Gasteiger partial charge in [-0.05, 0) is 36.8 Å². The molecule has 0 aliphatic rings. The molecule has 0 unspecified atom stereocenters. The Morgan fingerprint density at radius 1 is 0.718 bits per heavy atom. The van der Waals surface area contributed by atoms with Crippen molar-refractivity contribution in [2.24, 2.45) is 5.41 Å². The molecule has 1 aromatic rings. The standard InChI is InChI=1S/C25H45O4P.C5H12O4/c1-6-7-8-9-10-11-12-13-14-15-16-17-18-21-22(29-30(27)28)19-20(2)24(26)23(21)25(3,4)5;6-1-5(2-7,3-8)4-9/h19,26-28H,6-18H2,1-5H3;6-9H,1-4H2. The zero-order valence-electron chi connectivity index (χ0n) is 25.1. The van der Waals surface area contributed by atoms with Gasteiger partial charge in [-0.2, -0.15) is 0 Å². The first-order valence-corrected chi connectivity index (χ1v) is 15.7. The average Bonchev–Trinajstić information content (AvgIpc) is 2.88. The van der Waals surface area contributed by atoms with Gasteiger partial charge in [-0.15, -0.1) is 0 Å². The molecular weight excluding hydrogens is 519 g/mol. The van der Waals surface area contributed by atoms with E-state index in [-0.39, 0.29) is 5.41 Å². The lowest BCUT2D eigenvalue weighted by Crippen LogP contribution is -2.37. The Bertz CT molecular complexity index is 743. The van der Waals surface area contributed by atoms with E-state index in [1.54, 1.807) is 6.07 Å². The van der Waals surface area contributed by atoms with Crippen molar-refractivity contribution in [3.63, 3.8) is 0 Å². The van der Waals surface area contributed by atoms with Gasteiger partial charge in [-0.1, -0.05) is 98.3 Å². The zero-order valence-corrected chi connectivity index (χ0v) is 26.0. The van der Waals surface area contributed by atoms with Crippen molar-refractivity contribution in [1.29, 1.82) is 0 Å². The first-order valence-electron chi connectivity index (χ1n) is 14.6. The topological polar surface area (TPSA) is 151 Å². The Morgan fingerprint density at radius 2 is 1.13 bits per heavy atom. The number of aliphatic hydroxyl groups is 4. The van der Waals surface area contributed by atoms with Gasteiger partial charge in [0.05, 0.1) is 31.8 Å². The van der Waals surface area contributed by atoms with Crippen LogP contribution in [0, 0.1) is 12.3 Å². The number of phenolic OH excluding ortho intramolecular Hbond substituents is 1. The molecule has 8 nitrogen and oxygen atoms in total. The van der Waals surface area contributed by atoms with Crippen LogP contribution in [0.15, 0.2) is 6.07 Å². The number of aryl methyl sites for hydroxylation is 1. The van der Waals surface area contributed by atoms with Crippen LogP contribution in [0.5, 0.6) is 11.5 Å². The second-order valence-corrected chi connectivity index (χ2v) is 12.4. The highest BCUT2D eigenvalue weighted by atomic mass is 31.2. The zero-order chi connectivity index (χ0) is 29.9. The molecule has 7 N–H and O–H groups in total. The molecule has 0 aliphatic heterocycles. The number of hydrogen-bond acceptors (Lipinski definition) is 8. The van der Waals surface area contributed by atoms with Crippen LogP contribution in [0.25, 0.3) is 0 Å². The van der Waals surface area contributed by atoms with Gasteiger partial charge in [0.25, 0.3) is 0 Å². The first kappa shape index (κ1) is 38.0. The first-order chi connectivity index (χ1) is 18.4. The molecule has 0 spiro atoms. The molecule has 0 saturated heterocycles. The maximum Gasteiger partial charge on any atom is 0.391 e. The van der Waals surface area contributed by atoms with Crippen molar-refractivity contribution in [2.45, 2.75) is 124 Å². The van der Waals surface area contributed by atoms with Crippen LogP contribution in [-0.2, 0) is 11.8 Å². The van der Waals surface area contributed by atoms with E-state index in [4.69, 9.17) is 24.9 Å². The summed E-state index contributed by atoms with van der Waals surface area (Å²) in [4.78, 5) is 18.8. The molecule has 230 valence electrons. The second-order valence-electron chi connectivity index (χ2n) is 11.8. The lowest BCUT2D eigenvalue weighted by molar-refractivity contribution is -0.0328. The van der Waals surface area contributed by atoms with Crippen molar-refractivity contribution in [3.8, 4) is 11.5 Å². The van der Waals surface area contributed by atoms with Gasteiger partial charge < -0.3 is 39.8 Å². The maximum atomic E-state index is 10.7. The number of aliphatic hydroxyl groups excluding tert-OH is 4. The highest BCUT2D eigenvalue weighted by molar-refractivity contribution is 7.39. The minimum absolute atomic E-state index is 0.256. The van der Waals surface area contributed by atoms with Crippen molar-refractivity contribution in [3.05, 3.63) is 22.8 Å². The highest BCUT2D eigenvalue weighted by Crippen LogP contribution is 2.44. The number of unbranched alkanes of at least 4 members (excludes halogenated alkanes) is 11. The number of hydrogen-bond donors (Lipinski definition) is 7. The fraction of sp³-hybridized carbons (Fsp3) is 0.800. The van der Waals surface area contributed by atoms with Crippen molar-refractivity contribution in [2.75, 3.05) is 26.4 Å². The normalized spacial score (nSPS) is 12.0. The molecule has 39 heavy (non-hydrogen) atoms. The van der Waals surface area contributed by atoms with Crippen LogP contribution in [0.2, 0.25) is 0 Å². The van der Waals surface area contributed by atoms with E-state index in [0.717, 1.165) is 30.4 Å². The summed E-state index contributed by atoms with van der Waals surface area (Å²) in [6.07, 6.45) is 16.3. The molecule has 0 aromatic heterocycles. The third kappa shape index (κ3) is 15.0. The smallest absolute Gasteiger partial charge is 0.391 e. The number of benzene rings is 1. The molecule has 1 aromatic carbocycles. The van der Waals surface area contributed by atoms with Crippen LogP contribution < -0.4 is 4.52 Å². The van der Waals surface area contributed by atoms with Crippen LogP contribution in [-0.4, -0.2) is 61.7 Å². The summed E-state index contributed by atoms with van der Waals surface area (Å²) in [5.41, 5.74) is 1.10. The quantitative estimate of drug-likeness (QED) is 0.0810. The van der Waals surface area contributed by atoms with E-state index < -0.39 is 40.4 Å². The van der Waals surface area contributed by atoms with E-state index in [1.807, 2.05) is 6.92 Å². The SMILES string of the molecule is CCCCCCCCCCCCCCc1c(OP(O)O)cc(C)c(O)c1C(C)(C)C.OCC(CO)(CO)CO. The van der Waals surface area contributed by atoms with Crippen LogP contribution in [0.4, 0.5) is 0 Å². The summed E-state index contributed by atoms with van der Waals surface area (Å²) in [5, 5.41) is 44.7. The van der Waals surface area contributed by atoms with Gasteiger partial charge in [-0.3, -0.25) is 0 Å². The lowest BCUT2D eigenvalue weighted by Gasteiger charge is -2.27. The fourth-order valence-electron chi connectivity index (χ4n) is 4.48. The van der Waals surface area contributed by atoms with Crippen LogP contribution in [0.1, 0.15) is 121 Å². The largest absolute Gasteiger partial charge is 0.507 e. The van der Waals surface area contributed by atoms with Gasteiger partial charge in [0.15, 0.2) is 0 Å². The van der Waals surface area contributed by atoms with Crippen molar-refractivity contribution >= 4 is 8.60 Å². The van der Waals surface area contributed by atoms with Gasteiger partial charge in [-0.25, -0.2) is 0 Å². The molecule has 9 heteroatoms. The number of phenols is 1. The lowest BCUT2D eigenvalue weighted by atomic mass is 9.80. The number of rotatable bonds is 19. The van der Waals surface area contributed by atoms with E-state index in [1.165, 1.54) is 64.2 Å². The van der Waals surface area contributed by atoms with Gasteiger partial charge in [0.2, 0.25) is 0 Å². The monoisotopic (exact) mass is 576 g/mol. The summed E-state index contributed by atoms with van der Waals surface area (Å²) >= 11 is 0. The minimum Gasteiger partial charge on any atom is -0.507 e. The molecule has 0 fully saturated rings. The predicted octanol–water partition coefficient (Wildman–Crippen LogP) is 5.77. The minimum atomic E-state index is -2.48. The highest BCUT2D eigenvalue weighted by Gasteiger charge is 2.27. The molecule has 1 rings (SSSR count). The molecular formula is C30H57O8P. The fourth-order valence-corrected chi connectivity index (χ4v) is 4.82. The van der Waals surface area contributed by atoms with Gasteiger partial charge >= 0.3 is 8.60 Å². The molecule has 0 radical (unpaired) electrons. The third-order valence-electron chi connectivity index (χ3n) is 7.11. The van der Waals surface area contributed by atoms with Gasteiger partial charge in [0, 0.05) is 11.1 Å². The van der Waals surface area contributed by atoms with E-state index >= 15 is 0 Å². The molecule has 0 heterocycles. The predicted molar refractivity (Wildman–Crippen MR) is 159 cm³/mol. The molecule has 0 amide bonds. The average molecular weight is 577 g/mol. The summed E-state index contributed by atoms with van der Waals surface area (Å²) in [6, 6.07) is 1.72. The maximum absolute atomic E-state index is 10.7. The molecule has 0 bridgehead atoms. The van der Waals surface area contributed by atoms with E-state index in [2.05, 4.69) is 27.7 Å². The Hall–Kier alpha value is -0.990. The van der Waals surface area contributed by atoms with Crippen LogP contribution >= 0.6 is 8.60 Å². The second kappa shape index (κ2) is 20.8. The van der Waals surface area contributed by atoms with Crippen molar-refractivity contribution < 1.29 is 39.8 Å². The molecule has 0 aliphatic carbocycles. The Kier molecular flexibility index (Phi) is 20.3. The Labute approximate surface area is 238 Å². The van der Waals surface area contributed by atoms with Crippen LogP contribution in [0.3, 0.4) is 0 Å². The Morgan fingerprint density at radius 3 is 1.46 bits per heavy atom. The summed E-state index contributed by atoms with van der Waals surface area (Å²) in [6.45, 7) is 8.66. The van der Waals surface area contributed by atoms with E-state index in [9.17, 15) is 14.9 Å². The van der Waals surface area contributed by atoms with Crippen molar-refractivity contribution in [1.82, 2.24) is 0 Å². The van der Waals surface area contributed by atoms with E-state index in [0.29, 0.717) is 17.1 Å². The number of aromatic hydroxyl groups is 1. The third-order valence-corrected chi connectivity index (χ3v) is 7.47. The summed E-state index contributed by atoms with van der Waals surface area (Å²) < 4.78 is 5.34. The Balaban J connectivity index is 0.00000137. The summed E-state index contributed by atoms with van der Waals surface area (Å²) in [5.74, 6) is 0.790. The summed E-state index contributed by atoms with van der Waals surface area (Å²) in [7, 11) is -2.48. The molecule has 0 atom stereocenters. The molecule has 0 saturated carbocycles.